The number of nitrogens with two attached hydrogens (primary N) is 1. The van der Waals surface area contributed by atoms with Gasteiger partial charge in [-0.05, 0) is 18.2 Å². The molecule has 0 fully saturated rings. The number of alkyl halides is 3. The maximum Gasteiger partial charge on any atom is 0.407 e. The van der Waals surface area contributed by atoms with Crippen molar-refractivity contribution in [2.75, 3.05) is 5.32 Å². The van der Waals surface area contributed by atoms with Crippen LogP contribution in [0.3, 0.4) is 0 Å². The van der Waals surface area contributed by atoms with E-state index in [-0.39, 0.29) is 5.69 Å². The molecule has 17 heavy (non-hydrogen) atoms. The summed E-state index contributed by atoms with van der Waals surface area (Å²) in [7, 11) is 0. The maximum atomic E-state index is 12.9. The molecule has 1 aromatic rings. The molecule has 1 rings (SSSR count). The highest BCUT2D eigenvalue weighted by atomic mass is 19.4. The summed E-state index contributed by atoms with van der Waals surface area (Å²) in [6.07, 6.45) is -4.71. The van der Waals surface area contributed by atoms with Crippen molar-refractivity contribution in [1.29, 1.82) is 0 Å². The predicted octanol–water partition coefficient (Wildman–Crippen LogP) is 2.35. The molecule has 1 atom stereocenters. The van der Waals surface area contributed by atoms with Gasteiger partial charge >= 0.3 is 6.18 Å². The van der Waals surface area contributed by atoms with E-state index >= 15 is 0 Å². The standard InChI is InChI=1S/C10H10F4N2O/c1-5(17)16-8-3-2-6(11)4-7(8)9(15)10(12,13)14/h2-4,9H,15H2,1H3,(H,16,17)/t9-/m1/s1. The van der Waals surface area contributed by atoms with E-state index < -0.39 is 29.5 Å². The van der Waals surface area contributed by atoms with Gasteiger partial charge in [-0.15, -0.1) is 0 Å². The van der Waals surface area contributed by atoms with Crippen LogP contribution in [0.25, 0.3) is 0 Å². The zero-order chi connectivity index (χ0) is 13.2. The number of rotatable bonds is 2. The number of halogens is 4. The summed E-state index contributed by atoms with van der Waals surface area (Å²) in [5, 5.41) is 2.17. The molecule has 0 spiro atoms. The number of amides is 1. The van der Waals surface area contributed by atoms with Gasteiger partial charge in [0.05, 0.1) is 0 Å². The molecule has 0 aliphatic carbocycles. The topological polar surface area (TPSA) is 55.1 Å². The second-order valence-corrected chi connectivity index (χ2v) is 3.43. The second kappa shape index (κ2) is 4.70. The predicted molar refractivity (Wildman–Crippen MR) is 53.7 cm³/mol. The van der Waals surface area contributed by atoms with Crippen molar-refractivity contribution in [1.82, 2.24) is 0 Å². The van der Waals surface area contributed by atoms with Crippen LogP contribution in [0.1, 0.15) is 18.5 Å². The highest BCUT2D eigenvalue weighted by Crippen LogP contribution is 2.34. The van der Waals surface area contributed by atoms with Gasteiger partial charge in [0.15, 0.2) is 0 Å². The van der Waals surface area contributed by atoms with Gasteiger partial charge < -0.3 is 11.1 Å². The lowest BCUT2D eigenvalue weighted by Crippen LogP contribution is -2.29. The third kappa shape index (κ3) is 3.42. The lowest BCUT2D eigenvalue weighted by Gasteiger charge is -2.19. The van der Waals surface area contributed by atoms with Crippen LogP contribution >= 0.6 is 0 Å². The largest absolute Gasteiger partial charge is 0.407 e. The summed E-state index contributed by atoms with van der Waals surface area (Å²) < 4.78 is 50.2. The Morgan fingerprint density at radius 2 is 2.00 bits per heavy atom. The molecule has 0 saturated carbocycles. The number of carbonyl (C=O) groups excluding carboxylic acids is 1. The molecule has 0 aromatic heterocycles. The molecular formula is C10H10F4N2O. The number of benzene rings is 1. The highest BCUT2D eigenvalue weighted by Gasteiger charge is 2.39. The zero-order valence-corrected chi connectivity index (χ0v) is 8.81. The van der Waals surface area contributed by atoms with Crippen molar-refractivity contribution < 1.29 is 22.4 Å². The fourth-order valence-electron chi connectivity index (χ4n) is 1.27. The van der Waals surface area contributed by atoms with Gasteiger partial charge in [0.25, 0.3) is 0 Å². The Bertz CT molecular complexity index is 431. The Morgan fingerprint density at radius 1 is 1.41 bits per heavy atom. The molecule has 0 bridgehead atoms. The summed E-state index contributed by atoms with van der Waals surface area (Å²) in [5.41, 5.74) is 4.32. The molecule has 0 aliphatic heterocycles. The number of carbonyl (C=O) groups is 1. The molecule has 7 heteroatoms. The Balaban J connectivity index is 3.19. The van der Waals surface area contributed by atoms with Crippen LogP contribution in [0.4, 0.5) is 23.2 Å². The first-order valence-corrected chi connectivity index (χ1v) is 4.61. The van der Waals surface area contributed by atoms with E-state index in [2.05, 4.69) is 5.32 Å². The Hall–Kier alpha value is -1.63. The normalized spacial score (nSPS) is 13.3. The smallest absolute Gasteiger partial charge is 0.326 e. The van der Waals surface area contributed by atoms with E-state index in [1.807, 2.05) is 0 Å². The van der Waals surface area contributed by atoms with Crippen LogP contribution in [-0.4, -0.2) is 12.1 Å². The molecule has 3 nitrogen and oxygen atoms in total. The minimum Gasteiger partial charge on any atom is -0.326 e. The number of hydrogen-bond acceptors (Lipinski definition) is 2. The van der Waals surface area contributed by atoms with Gasteiger partial charge in [0, 0.05) is 18.2 Å². The van der Waals surface area contributed by atoms with Crippen molar-refractivity contribution >= 4 is 11.6 Å². The molecule has 0 saturated heterocycles. The van der Waals surface area contributed by atoms with Crippen LogP contribution in [0.15, 0.2) is 18.2 Å². The first-order valence-electron chi connectivity index (χ1n) is 4.61. The van der Waals surface area contributed by atoms with Crippen LogP contribution < -0.4 is 11.1 Å². The number of nitrogens with one attached hydrogen (secondary N) is 1. The van der Waals surface area contributed by atoms with Crippen LogP contribution in [0, 0.1) is 5.82 Å². The zero-order valence-electron chi connectivity index (χ0n) is 8.81. The lowest BCUT2D eigenvalue weighted by molar-refractivity contribution is -0.149. The average molecular weight is 250 g/mol. The summed E-state index contributed by atoms with van der Waals surface area (Å²) in [6.45, 7) is 1.13. The van der Waals surface area contributed by atoms with Crippen molar-refractivity contribution in [2.24, 2.45) is 5.73 Å². The highest BCUT2D eigenvalue weighted by molar-refractivity contribution is 5.89. The van der Waals surface area contributed by atoms with E-state index in [1.165, 1.54) is 0 Å². The SMILES string of the molecule is CC(=O)Nc1ccc(F)cc1[C@@H](N)C(F)(F)F. The fourth-order valence-corrected chi connectivity index (χ4v) is 1.27. The minimum absolute atomic E-state index is 0.149. The van der Waals surface area contributed by atoms with E-state index in [4.69, 9.17) is 5.73 Å². The molecule has 0 unspecified atom stereocenters. The van der Waals surface area contributed by atoms with Gasteiger partial charge in [-0.25, -0.2) is 4.39 Å². The third-order valence-electron chi connectivity index (χ3n) is 2.01. The second-order valence-electron chi connectivity index (χ2n) is 3.43. The Kier molecular flexibility index (Phi) is 3.72. The summed E-state index contributed by atoms with van der Waals surface area (Å²) in [4.78, 5) is 10.8. The average Bonchev–Trinajstić information content (AvgIpc) is 2.17. The van der Waals surface area contributed by atoms with E-state index in [0.717, 1.165) is 19.1 Å². The van der Waals surface area contributed by atoms with Crippen molar-refractivity contribution in [2.45, 2.75) is 19.1 Å². The fraction of sp³-hybridized carbons (Fsp3) is 0.300. The summed E-state index contributed by atoms with van der Waals surface area (Å²) >= 11 is 0. The summed E-state index contributed by atoms with van der Waals surface area (Å²) in [6, 6.07) is 0.291. The number of hydrogen-bond donors (Lipinski definition) is 2. The molecule has 0 aliphatic rings. The van der Waals surface area contributed by atoms with Gasteiger partial charge in [-0.3, -0.25) is 4.79 Å². The third-order valence-corrected chi connectivity index (χ3v) is 2.01. The van der Waals surface area contributed by atoms with E-state index in [1.54, 1.807) is 0 Å². The van der Waals surface area contributed by atoms with Crippen LogP contribution in [0.5, 0.6) is 0 Å². The molecule has 1 amide bonds. The molecule has 1 aromatic carbocycles. The van der Waals surface area contributed by atoms with E-state index in [9.17, 15) is 22.4 Å². The molecular weight excluding hydrogens is 240 g/mol. The Morgan fingerprint density at radius 3 is 2.47 bits per heavy atom. The lowest BCUT2D eigenvalue weighted by atomic mass is 10.0. The van der Waals surface area contributed by atoms with Crippen molar-refractivity contribution in [3.63, 3.8) is 0 Å². The van der Waals surface area contributed by atoms with E-state index in [0.29, 0.717) is 6.07 Å². The molecule has 94 valence electrons. The van der Waals surface area contributed by atoms with Gasteiger partial charge in [0.2, 0.25) is 5.91 Å². The van der Waals surface area contributed by atoms with Gasteiger partial charge in [0.1, 0.15) is 11.9 Å². The first-order chi connectivity index (χ1) is 7.71. The summed E-state index contributed by atoms with van der Waals surface area (Å²) in [5.74, 6) is -1.42. The first kappa shape index (κ1) is 13.4. The van der Waals surface area contributed by atoms with Gasteiger partial charge in [-0.1, -0.05) is 0 Å². The Labute approximate surface area is 94.6 Å². The molecule has 3 N–H and O–H groups in total. The molecule has 0 heterocycles. The minimum atomic E-state index is -4.71. The van der Waals surface area contributed by atoms with Crippen LogP contribution in [-0.2, 0) is 4.79 Å². The van der Waals surface area contributed by atoms with Crippen molar-refractivity contribution in [3.05, 3.63) is 29.6 Å². The van der Waals surface area contributed by atoms with Gasteiger partial charge in [-0.2, -0.15) is 13.2 Å². The monoisotopic (exact) mass is 250 g/mol. The van der Waals surface area contributed by atoms with Crippen molar-refractivity contribution in [3.8, 4) is 0 Å². The van der Waals surface area contributed by atoms with Crippen LogP contribution in [0.2, 0.25) is 0 Å². The molecule has 0 radical (unpaired) electrons. The maximum absolute atomic E-state index is 12.9. The number of anilines is 1. The quantitative estimate of drug-likeness (QED) is 0.791.